The predicted octanol–water partition coefficient (Wildman–Crippen LogP) is 12.3. The highest BCUT2D eigenvalue weighted by atomic mass is 19.2. The first kappa shape index (κ1) is 34.8. The molecule has 46 heavy (non-hydrogen) atoms. The third-order valence-corrected chi connectivity index (χ3v) is 11.3. The van der Waals surface area contributed by atoms with Gasteiger partial charge in [-0.2, -0.15) is 8.78 Å². The molecule has 254 valence electrons. The lowest BCUT2D eigenvalue weighted by atomic mass is 9.69. The average Bonchev–Trinajstić information content (AvgIpc) is 3.09. The summed E-state index contributed by atoms with van der Waals surface area (Å²) in [4.78, 5) is 0. The van der Waals surface area contributed by atoms with Gasteiger partial charge in [0, 0.05) is 5.56 Å². The molecule has 0 aromatic heterocycles. The van der Waals surface area contributed by atoms with E-state index in [1.807, 2.05) is 13.8 Å². The van der Waals surface area contributed by atoms with Crippen molar-refractivity contribution in [2.24, 2.45) is 23.7 Å². The lowest BCUT2D eigenvalue weighted by Gasteiger charge is -2.36. The Morgan fingerprint density at radius 1 is 0.609 bits per heavy atom. The number of allylic oxidation sites excluding steroid dienone is 2. The molecule has 3 aliphatic rings. The van der Waals surface area contributed by atoms with E-state index in [-0.39, 0.29) is 17.4 Å². The Morgan fingerprint density at radius 2 is 1.17 bits per heavy atom. The Kier molecular flexibility index (Phi) is 12.9. The van der Waals surface area contributed by atoms with Crippen molar-refractivity contribution < 1.29 is 27.0 Å². The van der Waals surface area contributed by atoms with E-state index in [9.17, 15) is 17.6 Å². The first-order valence-corrected chi connectivity index (χ1v) is 18.3. The van der Waals surface area contributed by atoms with Crippen molar-refractivity contribution in [1.29, 1.82) is 0 Å². The van der Waals surface area contributed by atoms with Gasteiger partial charge in [-0.1, -0.05) is 64.5 Å². The van der Waals surface area contributed by atoms with Gasteiger partial charge in [-0.3, -0.25) is 0 Å². The van der Waals surface area contributed by atoms with Crippen molar-refractivity contribution in [1.82, 2.24) is 0 Å². The molecule has 2 fully saturated rings. The van der Waals surface area contributed by atoms with Crippen LogP contribution in [-0.2, 0) is 0 Å². The first-order valence-electron chi connectivity index (χ1n) is 18.3. The zero-order chi connectivity index (χ0) is 32.5. The third kappa shape index (κ3) is 8.69. The topological polar surface area (TPSA) is 18.5 Å². The molecule has 1 atom stereocenters. The van der Waals surface area contributed by atoms with Crippen molar-refractivity contribution in [2.75, 3.05) is 13.2 Å². The predicted molar refractivity (Wildman–Crippen MR) is 178 cm³/mol. The molecule has 0 spiro atoms. The Bertz CT molecular complexity index is 1290. The molecule has 0 amide bonds. The highest BCUT2D eigenvalue weighted by Gasteiger charge is 2.31. The molecule has 2 aromatic carbocycles. The number of hydrogen-bond acceptors (Lipinski definition) is 2. The summed E-state index contributed by atoms with van der Waals surface area (Å²) in [5, 5.41) is 0. The van der Waals surface area contributed by atoms with E-state index in [2.05, 4.69) is 6.08 Å². The number of hydrogen-bond donors (Lipinski definition) is 0. The van der Waals surface area contributed by atoms with Gasteiger partial charge in [0.05, 0.1) is 13.2 Å². The Balaban J connectivity index is 1.02. The van der Waals surface area contributed by atoms with Crippen LogP contribution in [0.5, 0.6) is 11.5 Å². The summed E-state index contributed by atoms with van der Waals surface area (Å²) in [7, 11) is 0. The summed E-state index contributed by atoms with van der Waals surface area (Å²) in [6.07, 6.45) is 20.1. The van der Waals surface area contributed by atoms with Crippen molar-refractivity contribution in [3.05, 3.63) is 64.7 Å². The van der Waals surface area contributed by atoms with Gasteiger partial charge in [0.2, 0.25) is 11.6 Å². The van der Waals surface area contributed by atoms with Crippen LogP contribution in [0, 0.1) is 46.9 Å². The summed E-state index contributed by atoms with van der Waals surface area (Å²) in [5.74, 6) is -0.254. The van der Waals surface area contributed by atoms with Gasteiger partial charge in [-0.05, 0) is 130 Å². The molecule has 6 heteroatoms. The number of rotatable bonds is 14. The maximum Gasteiger partial charge on any atom is 0.201 e. The number of unbranched alkanes of at least 4 members (excludes halogenated alkanes) is 2. The fraction of sp³-hybridized carbons (Fsp3) is 0.650. The molecule has 0 bridgehead atoms. The quantitative estimate of drug-likeness (QED) is 0.151. The number of benzene rings is 2. The van der Waals surface area contributed by atoms with Crippen LogP contribution in [-0.4, -0.2) is 13.2 Å². The fourth-order valence-corrected chi connectivity index (χ4v) is 8.23. The smallest absolute Gasteiger partial charge is 0.201 e. The van der Waals surface area contributed by atoms with Crippen molar-refractivity contribution in [3.63, 3.8) is 0 Å². The molecular formula is C40H54F4O2. The molecule has 2 saturated carbocycles. The summed E-state index contributed by atoms with van der Waals surface area (Å²) in [5.41, 5.74) is 1.83. The van der Waals surface area contributed by atoms with E-state index in [0.717, 1.165) is 88.0 Å². The average molecular weight is 643 g/mol. The molecule has 2 aromatic rings. The molecular weight excluding hydrogens is 588 g/mol. The minimum atomic E-state index is -0.870. The van der Waals surface area contributed by atoms with Gasteiger partial charge in [0.15, 0.2) is 23.1 Å². The molecule has 2 nitrogen and oxygen atoms in total. The van der Waals surface area contributed by atoms with Gasteiger partial charge in [0.1, 0.15) is 0 Å². The van der Waals surface area contributed by atoms with Crippen LogP contribution >= 0.6 is 0 Å². The second-order valence-corrected chi connectivity index (χ2v) is 14.3. The second kappa shape index (κ2) is 17.1. The Hall–Kier alpha value is -2.50. The molecule has 5 rings (SSSR count). The van der Waals surface area contributed by atoms with E-state index in [1.54, 1.807) is 24.3 Å². The standard InChI is InChI=1S/C40H54F4O2/c1-3-5-25-45-35-23-21-33(37(41)39(35)43)31-15-11-28(12-16-31)8-7-27-9-13-29(14-10-27)30-17-19-32(20-18-30)34-22-24-36(40(44)38(34)42)46-26-6-4-2/h19,21-24,27-31H,3-18,20,25-26H2,1-2H3. The summed E-state index contributed by atoms with van der Waals surface area (Å²) in [6.45, 7) is 4.89. The summed E-state index contributed by atoms with van der Waals surface area (Å²) < 4.78 is 70.0. The van der Waals surface area contributed by atoms with Crippen molar-refractivity contribution >= 4 is 5.57 Å². The highest BCUT2D eigenvalue weighted by molar-refractivity contribution is 5.67. The Labute approximate surface area is 274 Å². The SMILES string of the molecule is CCCCOc1ccc(C2=CCC(C3CCC(CCC4CCC(c5ccc(OCCCC)c(F)c5F)CC4)CC3)CC2)c(F)c1F. The van der Waals surface area contributed by atoms with E-state index < -0.39 is 23.3 Å². The molecule has 0 aliphatic heterocycles. The maximum atomic E-state index is 14.9. The van der Waals surface area contributed by atoms with Crippen LogP contribution in [0.1, 0.15) is 140 Å². The van der Waals surface area contributed by atoms with E-state index in [4.69, 9.17) is 9.47 Å². The monoisotopic (exact) mass is 642 g/mol. The van der Waals surface area contributed by atoms with Gasteiger partial charge in [-0.25, -0.2) is 8.78 Å². The maximum absolute atomic E-state index is 14.9. The molecule has 0 heterocycles. The molecule has 1 unspecified atom stereocenters. The highest BCUT2D eigenvalue weighted by Crippen LogP contribution is 2.45. The van der Waals surface area contributed by atoms with Crippen LogP contribution < -0.4 is 9.47 Å². The fourth-order valence-electron chi connectivity index (χ4n) is 8.23. The number of ether oxygens (including phenoxy) is 2. The minimum Gasteiger partial charge on any atom is -0.490 e. The molecule has 0 radical (unpaired) electrons. The third-order valence-electron chi connectivity index (χ3n) is 11.3. The molecule has 3 aliphatic carbocycles. The van der Waals surface area contributed by atoms with Crippen LogP contribution in [0.4, 0.5) is 17.6 Å². The van der Waals surface area contributed by atoms with Gasteiger partial charge < -0.3 is 9.47 Å². The lowest BCUT2D eigenvalue weighted by molar-refractivity contribution is 0.179. The molecule has 0 saturated heterocycles. The lowest BCUT2D eigenvalue weighted by Crippen LogP contribution is -2.24. The van der Waals surface area contributed by atoms with Crippen LogP contribution in [0.15, 0.2) is 30.3 Å². The van der Waals surface area contributed by atoms with E-state index in [0.29, 0.717) is 36.2 Å². The largest absolute Gasteiger partial charge is 0.490 e. The minimum absolute atomic E-state index is 0.00931. The van der Waals surface area contributed by atoms with Gasteiger partial charge >= 0.3 is 0 Å². The summed E-state index contributed by atoms with van der Waals surface area (Å²) in [6, 6.07) is 6.61. The van der Waals surface area contributed by atoms with Crippen molar-refractivity contribution in [3.8, 4) is 11.5 Å². The van der Waals surface area contributed by atoms with E-state index in [1.165, 1.54) is 38.5 Å². The zero-order valence-electron chi connectivity index (χ0n) is 28.0. The van der Waals surface area contributed by atoms with Crippen LogP contribution in [0.2, 0.25) is 0 Å². The van der Waals surface area contributed by atoms with Crippen LogP contribution in [0.25, 0.3) is 5.57 Å². The second-order valence-electron chi connectivity index (χ2n) is 14.3. The zero-order valence-corrected chi connectivity index (χ0v) is 28.0. The molecule has 0 N–H and O–H groups in total. The van der Waals surface area contributed by atoms with Gasteiger partial charge in [-0.15, -0.1) is 0 Å². The van der Waals surface area contributed by atoms with Crippen LogP contribution in [0.3, 0.4) is 0 Å². The number of halogens is 4. The van der Waals surface area contributed by atoms with Crippen molar-refractivity contribution in [2.45, 2.75) is 129 Å². The Morgan fingerprint density at radius 3 is 1.74 bits per heavy atom. The first-order chi connectivity index (χ1) is 22.4. The summed E-state index contributed by atoms with van der Waals surface area (Å²) >= 11 is 0. The van der Waals surface area contributed by atoms with E-state index >= 15 is 0 Å². The van der Waals surface area contributed by atoms with Gasteiger partial charge in [0.25, 0.3) is 0 Å². The normalized spacial score (nSPS) is 25.3.